The standard InChI is InChI=1S/C20H30N2O2/c23-20-15-21(14-19(20)22-11-3-4-12-22)13-16-7-9-18(10-8-16)24-17-5-1-2-6-17/h7-10,17,19-20,23H,1-6,11-15H2/t19-,20-/m0/s1. The molecule has 2 heterocycles. The molecule has 1 aromatic rings. The van der Waals surface area contributed by atoms with Crippen LogP contribution in [0.1, 0.15) is 44.1 Å². The molecule has 4 rings (SSSR count). The molecule has 132 valence electrons. The van der Waals surface area contributed by atoms with Gasteiger partial charge in [-0.25, -0.2) is 0 Å². The van der Waals surface area contributed by atoms with E-state index in [0.29, 0.717) is 12.1 Å². The maximum Gasteiger partial charge on any atom is 0.119 e. The van der Waals surface area contributed by atoms with Crippen LogP contribution in [0.3, 0.4) is 0 Å². The van der Waals surface area contributed by atoms with Gasteiger partial charge in [0.1, 0.15) is 5.75 Å². The van der Waals surface area contributed by atoms with Crippen LogP contribution in [-0.2, 0) is 6.54 Å². The monoisotopic (exact) mass is 330 g/mol. The van der Waals surface area contributed by atoms with Crippen molar-refractivity contribution < 1.29 is 9.84 Å². The number of likely N-dealkylation sites (tertiary alicyclic amines) is 2. The summed E-state index contributed by atoms with van der Waals surface area (Å²) in [5.41, 5.74) is 1.31. The minimum atomic E-state index is -0.201. The molecule has 4 heteroatoms. The van der Waals surface area contributed by atoms with Crippen LogP contribution in [-0.4, -0.2) is 59.3 Å². The Labute approximate surface area is 145 Å². The van der Waals surface area contributed by atoms with Crippen LogP contribution in [0.25, 0.3) is 0 Å². The van der Waals surface area contributed by atoms with Crippen LogP contribution in [0.15, 0.2) is 24.3 Å². The molecule has 2 saturated heterocycles. The lowest BCUT2D eigenvalue weighted by molar-refractivity contribution is 0.0978. The zero-order chi connectivity index (χ0) is 16.4. The van der Waals surface area contributed by atoms with Gasteiger partial charge in [-0.2, -0.15) is 0 Å². The molecular formula is C20H30N2O2. The van der Waals surface area contributed by atoms with Crippen LogP contribution >= 0.6 is 0 Å². The Hall–Kier alpha value is -1.10. The van der Waals surface area contributed by atoms with Crippen LogP contribution < -0.4 is 4.74 Å². The van der Waals surface area contributed by atoms with E-state index in [4.69, 9.17) is 4.74 Å². The number of nitrogens with zero attached hydrogens (tertiary/aromatic N) is 2. The molecule has 3 aliphatic rings. The second kappa shape index (κ2) is 7.42. The molecule has 0 amide bonds. The molecule has 0 unspecified atom stereocenters. The highest BCUT2D eigenvalue weighted by molar-refractivity contribution is 5.27. The maximum absolute atomic E-state index is 10.4. The minimum absolute atomic E-state index is 0.201. The fraction of sp³-hybridized carbons (Fsp3) is 0.700. The molecule has 0 aromatic heterocycles. The molecule has 24 heavy (non-hydrogen) atoms. The van der Waals surface area contributed by atoms with Gasteiger partial charge in [-0.15, -0.1) is 0 Å². The summed E-state index contributed by atoms with van der Waals surface area (Å²) in [5.74, 6) is 1.00. The largest absolute Gasteiger partial charge is 0.490 e. The number of aliphatic hydroxyl groups excluding tert-OH is 1. The fourth-order valence-electron chi connectivity index (χ4n) is 4.54. The first kappa shape index (κ1) is 16.4. The van der Waals surface area contributed by atoms with Gasteiger partial charge in [0, 0.05) is 25.7 Å². The molecule has 1 saturated carbocycles. The zero-order valence-corrected chi connectivity index (χ0v) is 14.6. The van der Waals surface area contributed by atoms with Crippen LogP contribution in [0.5, 0.6) is 5.75 Å². The van der Waals surface area contributed by atoms with Crippen molar-refractivity contribution >= 4 is 0 Å². The Kier molecular flexibility index (Phi) is 5.06. The Morgan fingerprint density at radius 1 is 0.958 bits per heavy atom. The topological polar surface area (TPSA) is 35.9 Å². The van der Waals surface area contributed by atoms with Crippen molar-refractivity contribution in [1.82, 2.24) is 9.80 Å². The summed E-state index contributed by atoms with van der Waals surface area (Å²) in [5, 5.41) is 10.4. The van der Waals surface area contributed by atoms with Crippen molar-refractivity contribution in [3.05, 3.63) is 29.8 Å². The van der Waals surface area contributed by atoms with Gasteiger partial charge in [-0.05, 0) is 69.3 Å². The minimum Gasteiger partial charge on any atom is -0.490 e. The molecule has 1 aliphatic carbocycles. The number of rotatable bonds is 5. The number of β-amino-alcohol motifs (C(OH)–C–C–N with tert-alkyl or cyclic N) is 1. The number of ether oxygens (including phenoxy) is 1. The first-order chi connectivity index (χ1) is 11.8. The summed E-state index contributed by atoms with van der Waals surface area (Å²) < 4.78 is 6.04. The Bertz CT molecular complexity index is 521. The average Bonchev–Trinajstić information content (AvgIpc) is 3.32. The second-order valence-corrected chi connectivity index (χ2v) is 7.74. The van der Waals surface area contributed by atoms with E-state index < -0.39 is 0 Å². The Morgan fingerprint density at radius 3 is 2.38 bits per heavy atom. The van der Waals surface area contributed by atoms with Gasteiger partial charge in [0.25, 0.3) is 0 Å². The summed E-state index contributed by atoms with van der Waals surface area (Å²) in [4.78, 5) is 4.86. The average molecular weight is 330 g/mol. The third kappa shape index (κ3) is 3.76. The highest BCUT2D eigenvalue weighted by atomic mass is 16.5. The molecule has 0 bridgehead atoms. The normalized spacial score (nSPS) is 29.5. The molecule has 0 spiro atoms. The molecule has 3 fully saturated rings. The van der Waals surface area contributed by atoms with Crippen molar-refractivity contribution in [2.24, 2.45) is 0 Å². The third-order valence-corrected chi connectivity index (χ3v) is 5.88. The van der Waals surface area contributed by atoms with Gasteiger partial charge in [-0.3, -0.25) is 9.80 Å². The third-order valence-electron chi connectivity index (χ3n) is 5.88. The first-order valence-electron chi connectivity index (χ1n) is 9.68. The van der Waals surface area contributed by atoms with E-state index in [-0.39, 0.29) is 6.10 Å². The summed E-state index contributed by atoms with van der Waals surface area (Å²) in [6.07, 6.45) is 7.79. The number of hydrogen-bond acceptors (Lipinski definition) is 4. The highest BCUT2D eigenvalue weighted by Gasteiger charge is 2.36. The zero-order valence-electron chi connectivity index (χ0n) is 14.6. The van der Waals surface area contributed by atoms with Crippen LogP contribution in [0, 0.1) is 0 Å². The van der Waals surface area contributed by atoms with Crippen LogP contribution in [0.2, 0.25) is 0 Å². The SMILES string of the molecule is O[C@H]1CN(Cc2ccc(OC3CCCC3)cc2)C[C@@H]1N1CCCC1. The van der Waals surface area contributed by atoms with Gasteiger partial charge in [0.05, 0.1) is 12.2 Å². The smallest absolute Gasteiger partial charge is 0.119 e. The van der Waals surface area contributed by atoms with Crippen molar-refractivity contribution in [3.63, 3.8) is 0 Å². The molecule has 2 atom stereocenters. The summed E-state index contributed by atoms with van der Waals surface area (Å²) in [6, 6.07) is 8.91. The maximum atomic E-state index is 10.4. The van der Waals surface area contributed by atoms with Gasteiger partial charge in [-0.1, -0.05) is 12.1 Å². The number of hydrogen-bond donors (Lipinski definition) is 1. The Morgan fingerprint density at radius 2 is 1.67 bits per heavy atom. The predicted molar refractivity (Wildman–Crippen MR) is 95.2 cm³/mol. The molecule has 2 aliphatic heterocycles. The van der Waals surface area contributed by atoms with Crippen molar-refractivity contribution in [2.75, 3.05) is 26.2 Å². The van der Waals surface area contributed by atoms with E-state index in [9.17, 15) is 5.11 Å². The van der Waals surface area contributed by atoms with E-state index in [1.165, 1.54) is 44.1 Å². The van der Waals surface area contributed by atoms with E-state index >= 15 is 0 Å². The quantitative estimate of drug-likeness (QED) is 0.900. The van der Waals surface area contributed by atoms with E-state index in [0.717, 1.165) is 38.5 Å². The molecule has 4 nitrogen and oxygen atoms in total. The highest BCUT2D eigenvalue weighted by Crippen LogP contribution is 2.25. The second-order valence-electron chi connectivity index (χ2n) is 7.74. The lowest BCUT2D eigenvalue weighted by atomic mass is 10.2. The van der Waals surface area contributed by atoms with E-state index in [2.05, 4.69) is 34.1 Å². The number of benzene rings is 1. The van der Waals surface area contributed by atoms with Crippen LogP contribution in [0.4, 0.5) is 0 Å². The lowest BCUT2D eigenvalue weighted by Gasteiger charge is -2.25. The molecular weight excluding hydrogens is 300 g/mol. The van der Waals surface area contributed by atoms with Gasteiger partial charge >= 0.3 is 0 Å². The van der Waals surface area contributed by atoms with Gasteiger partial charge in [0.2, 0.25) is 0 Å². The Balaban J connectivity index is 1.30. The fourth-order valence-corrected chi connectivity index (χ4v) is 4.54. The van der Waals surface area contributed by atoms with Gasteiger partial charge < -0.3 is 9.84 Å². The van der Waals surface area contributed by atoms with Crippen molar-refractivity contribution in [1.29, 1.82) is 0 Å². The summed E-state index contributed by atoms with van der Waals surface area (Å²) in [6.45, 7) is 5.01. The van der Waals surface area contributed by atoms with Crippen molar-refractivity contribution in [3.8, 4) is 5.75 Å². The van der Waals surface area contributed by atoms with E-state index in [1.54, 1.807) is 0 Å². The molecule has 0 radical (unpaired) electrons. The summed E-state index contributed by atoms with van der Waals surface area (Å²) >= 11 is 0. The van der Waals surface area contributed by atoms with Crippen molar-refractivity contribution in [2.45, 2.75) is 63.3 Å². The lowest BCUT2D eigenvalue weighted by Crippen LogP contribution is -2.41. The predicted octanol–water partition coefficient (Wildman–Crippen LogP) is 2.65. The summed E-state index contributed by atoms with van der Waals surface area (Å²) in [7, 11) is 0. The molecule has 1 N–H and O–H groups in total. The number of aliphatic hydroxyl groups is 1. The van der Waals surface area contributed by atoms with Gasteiger partial charge in [0.15, 0.2) is 0 Å². The van der Waals surface area contributed by atoms with E-state index in [1.807, 2.05) is 0 Å². The first-order valence-corrected chi connectivity index (χ1v) is 9.68. The molecule has 1 aromatic carbocycles.